The van der Waals surface area contributed by atoms with Crippen LogP contribution in [-0.2, 0) is 0 Å². The molecule has 0 spiro atoms. The quantitative estimate of drug-likeness (QED) is 0.715. The zero-order valence-corrected chi connectivity index (χ0v) is 8.99. The van der Waals surface area contributed by atoms with Crippen molar-refractivity contribution in [1.29, 1.82) is 0 Å². The Hall–Kier alpha value is -1.22. The number of likely N-dealkylation sites (N-methyl/N-ethyl adjacent to an activating group) is 1. The van der Waals surface area contributed by atoms with E-state index < -0.39 is 0 Å². The molecular formula is C11H18N2O. The molecule has 0 heterocycles. The molecule has 1 atom stereocenters. The topological polar surface area (TPSA) is 49.5 Å². The van der Waals surface area contributed by atoms with Gasteiger partial charge in [0.25, 0.3) is 0 Å². The monoisotopic (exact) mass is 194 g/mol. The van der Waals surface area contributed by atoms with Gasteiger partial charge in [-0.2, -0.15) is 0 Å². The molecule has 1 unspecified atom stereocenters. The molecule has 0 aromatic heterocycles. The zero-order chi connectivity index (χ0) is 10.7. The number of rotatable bonds is 3. The molecule has 0 radical (unpaired) electrons. The van der Waals surface area contributed by atoms with Crippen molar-refractivity contribution < 1.29 is 5.11 Å². The second-order valence-electron chi connectivity index (χ2n) is 3.68. The third kappa shape index (κ3) is 2.17. The molecule has 0 fully saturated rings. The first-order chi connectivity index (χ1) is 6.56. The van der Waals surface area contributed by atoms with Crippen LogP contribution in [0.4, 0.5) is 11.4 Å². The standard InChI is InChI=1S/C11H18N2O/c1-8-4-5-10(6-11(8)12)13(3)9(2)7-14/h4-6,9,14H,7,12H2,1-3H3. The Morgan fingerprint density at radius 2 is 2.14 bits per heavy atom. The molecule has 0 saturated carbocycles. The molecule has 78 valence electrons. The fourth-order valence-corrected chi connectivity index (χ4v) is 1.22. The Balaban J connectivity index is 2.91. The lowest BCUT2D eigenvalue weighted by Gasteiger charge is -2.25. The number of nitrogen functional groups attached to an aromatic ring is 1. The van der Waals surface area contributed by atoms with E-state index in [0.29, 0.717) is 0 Å². The highest BCUT2D eigenvalue weighted by molar-refractivity contribution is 5.59. The van der Waals surface area contributed by atoms with Crippen LogP contribution in [0.25, 0.3) is 0 Å². The van der Waals surface area contributed by atoms with Crippen LogP contribution < -0.4 is 10.6 Å². The molecule has 0 amide bonds. The minimum Gasteiger partial charge on any atom is -0.398 e. The Morgan fingerprint density at radius 1 is 1.50 bits per heavy atom. The van der Waals surface area contributed by atoms with Crippen LogP contribution in [-0.4, -0.2) is 24.8 Å². The SMILES string of the molecule is Cc1ccc(N(C)C(C)CO)cc1N. The van der Waals surface area contributed by atoms with E-state index in [-0.39, 0.29) is 12.6 Å². The van der Waals surface area contributed by atoms with Crippen LogP contribution in [0.5, 0.6) is 0 Å². The number of anilines is 2. The van der Waals surface area contributed by atoms with E-state index in [2.05, 4.69) is 0 Å². The lowest BCUT2D eigenvalue weighted by atomic mass is 10.1. The van der Waals surface area contributed by atoms with Gasteiger partial charge in [-0.1, -0.05) is 6.07 Å². The second kappa shape index (κ2) is 4.33. The maximum Gasteiger partial charge on any atom is 0.0632 e. The van der Waals surface area contributed by atoms with Gasteiger partial charge in [0.05, 0.1) is 6.61 Å². The molecule has 3 heteroatoms. The summed E-state index contributed by atoms with van der Waals surface area (Å²) in [6.45, 7) is 4.09. The first kappa shape index (κ1) is 10.9. The van der Waals surface area contributed by atoms with Gasteiger partial charge in [0.15, 0.2) is 0 Å². The lowest BCUT2D eigenvalue weighted by Crippen LogP contribution is -2.31. The summed E-state index contributed by atoms with van der Waals surface area (Å²) in [7, 11) is 1.95. The van der Waals surface area contributed by atoms with Gasteiger partial charge in [0, 0.05) is 24.5 Å². The molecule has 3 nitrogen and oxygen atoms in total. The average molecular weight is 194 g/mol. The van der Waals surface area contributed by atoms with E-state index >= 15 is 0 Å². The Bertz CT molecular complexity index is 312. The molecule has 1 aromatic carbocycles. The Labute approximate surface area is 85.2 Å². The van der Waals surface area contributed by atoms with Crippen molar-refractivity contribution in [2.45, 2.75) is 19.9 Å². The summed E-state index contributed by atoms with van der Waals surface area (Å²) >= 11 is 0. The number of nitrogens with zero attached hydrogens (tertiary/aromatic N) is 1. The first-order valence-electron chi connectivity index (χ1n) is 4.76. The van der Waals surface area contributed by atoms with Crippen molar-refractivity contribution in [2.24, 2.45) is 0 Å². The van der Waals surface area contributed by atoms with Crippen molar-refractivity contribution in [3.05, 3.63) is 23.8 Å². The number of aliphatic hydroxyl groups excluding tert-OH is 1. The average Bonchev–Trinajstić information content (AvgIpc) is 2.20. The van der Waals surface area contributed by atoms with Crippen LogP contribution in [0.15, 0.2) is 18.2 Å². The summed E-state index contributed by atoms with van der Waals surface area (Å²) in [4.78, 5) is 2.01. The lowest BCUT2D eigenvalue weighted by molar-refractivity contribution is 0.270. The van der Waals surface area contributed by atoms with Gasteiger partial charge in [0.1, 0.15) is 0 Å². The van der Waals surface area contributed by atoms with E-state index in [0.717, 1.165) is 16.9 Å². The molecule has 3 N–H and O–H groups in total. The highest BCUT2D eigenvalue weighted by Crippen LogP contribution is 2.21. The highest BCUT2D eigenvalue weighted by Gasteiger charge is 2.08. The highest BCUT2D eigenvalue weighted by atomic mass is 16.3. The van der Waals surface area contributed by atoms with Crippen LogP contribution >= 0.6 is 0 Å². The van der Waals surface area contributed by atoms with Gasteiger partial charge < -0.3 is 15.7 Å². The van der Waals surface area contributed by atoms with Crippen LogP contribution in [0.2, 0.25) is 0 Å². The molecule has 0 aliphatic heterocycles. The maximum absolute atomic E-state index is 9.02. The third-order valence-electron chi connectivity index (χ3n) is 2.60. The van der Waals surface area contributed by atoms with Gasteiger partial charge in [0.2, 0.25) is 0 Å². The Kier molecular flexibility index (Phi) is 3.36. The minimum atomic E-state index is 0.108. The number of benzene rings is 1. The molecule has 0 aliphatic carbocycles. The van der Waals surface area contributed by atoms with Crippen LogP contribution in [0.3, 0.4) is 0 Å². The van der Waals surface area contributed by atoms with Gasteiger partial charge in [-0.15, -0.1) is 0 Å². The van der Waals surface area contributed by atoms with Gasteiger partial charge in [-0.25, -0.2) is 0 Å². The summed E-state index contributed by atoms with van der Waals surface area (Å²) in [5, 5.41) is 9.02. The fraction of sp³-hybridized carbons (Fsp3) is 0.455. The number of hydrogen-bond acceptors (Lipinski definition) is 3. The maximum atomic E-state index is 9.02. The van der Waals surface area contributed by atoms with E-state index in [1.54, 1.807) is 0 Å². The number of aliphatic hydroxyl groups is 1. The summed E-state index contributed by atoms with van der Waals surface area (Å²) in [5.41, 5.74) is 8.72. The van der Waals surface area contributed by atoms with Crippen molar-refractivity contribution in [2.75, 3.05) is 24.3 Å². The number of aryl methyl sites for hydroxylation is 1. The molecule has 0 bridgehead atoms. The molecule has 1 aromatic rings. The van der Waals surface area contributed by atoms with Crippen molar-refractivity contribution in [3.63, 3.8) is 0 Å². The predicted molar refractivity (Wildman–Crippen MR) is 60.5 cm³/mol. The molecule has 0 saturated heterocycles. The van der Waals surface area contributed by atoms with Crippen LogP contribution in [0, 0.1) is 6.92 Å². The number of nitrogens with two attached hydrogens (primary N) is 1. The fourth-order valence-electron chi connectivity index (χ4n) is 1.22. The van der Waals surface area contributed by atoms with Gasteiger partial charge in [-0.3, -0.25) is 0 Å². The van der Waals surface area contributed by atoms with Gasteiger partial charge in [-0.05, 0) is 31.5 Å². The van der Waals surface area contributed by atoms with Crippen molar-refractivity contribution >= 4 is 11.4 Å². The van der Waals surface area contributed by atoms with Crippen LogP contribution in [0.1, 0.15) is 12.5 Å². The van der Waals surface area contributed by atoms with Crippen molar-refractivity contribution in [3.8, 4) is 0 Å². The summed E-state index contributed by atoms with van der Waals surface area (Å²) in [6.07, 6.45) is 0. The third-order valence-corrected chi connectivity index (χ3v) is 2.60. The molecule has 1 rings (SSSR count). The van der Waals surface area contributed by atoms with Gasteiger partial charge >= 0.3 is 0 Å². The molecular weight excluding hydrogens is 176 g/mol. The number of hydrogen-bond donors (Lipinski definition) is 2. The first-order valence-corrected chi connectivity index (χ1v) is 4.76. The summed E-state index contributed by atoms with van der Waals surface area (Å²) in [5.74, 6) is 0. The summed E-state index contributed by atoms with van der Waals surface area (Å²) in [6, 6.07) is 6.04. The summed E-state index contributed by atoms with van der Waals surface area (Å²) < 4.78 is 0. The van der Waals surface area contributed by atoms with Crippen molar-refractivity contribution in [1.82, 2.24) is 0 Å². The Morgan fingerprint density at radius 3 is 2.64 bits per heavy atom. The van der Waals surface area contributed by atoms with E-state index in [4.69, 9.17) is 10.8 Å². The zero-order valence-electron chi connectivity index (χ0n) is 8.99. The molecule has 14 heavy (non-hydrogen) atoms. The van der Waals surface area contributed by atoms with E-state index in [1.807, 2.05) is 44.0 Å². The second-order valence-corrected chi connectivity index (χ2v) is 3.68. The normalized spacial score (nSPS) is 12.6. The smallest absolute Gasteiger partial charge is 0.0632 e. The largest absolute Gasteiger partial charge is 0.398 e. The minimum absolute atomic E-state index is 0.108. The predicted octanol–water partition coefficient (Wildman–Crippen LogP) is 1.39. The van der Waals surface area contributed by atoms with E-state index in [1.165, 1.54) is 0 Å². The molecule has 0 aliphatic rings. The van der Waals surface area contributed by atoms with E-state index in [9.17, 15) is 0 Å².